The van der Waals surface area contributed by atoms with E-state index < -0.39 is 0 Å². The largest absolute Gasteiger partial charge is 0.379 e. The molecule has 0 N–H and O–H groups in total. The van der Waals surface area contributed by atoms with Crippen molar-refractivity contribution in [2.75, 3.05) is 32.8 Å². The molecule has 5 nitrogen and oxygen atoms in total. The molecule has 1 aliphatic heterocycles. The minimum atomic E-state index is 0.112. The Morgan fingerprint density at radius 2 is 1.78 bits per heavy atom. The number of ether oxygens (including phenoxy) is 1. The molecule has 2 aromatic rings. The Kier molecular flexibility index (Phi) is 6.63. The highest BCUT2D eigenvalue weighted by Gasteiger charge is 2.15. The van der Waals surface area contributed by atoms with Crippen LogP contribution in [0.4, 0.5) is 5.69 Å². The third-order valence-corrected chi connectivity index (χ3v) is 6.15. The van der Waals surface area contributed by atoms with Crippen molar-refractivity contribution in [3.63, 3.8) is 0 Å². The van der Waals surface area contributed by atoms with Crippen molar-refractivity contribution in [3.8, 4) is 0 Å². The summed E-state index contributed by atoms with van der Waals surface area (Å²) in [4.78, 5) is 21.1. The summed E-state index contributed by atoms with van der Waals surface area (Å²) in [6.07, 6.45) is 1.04. The number of carbonyl (C=O) groups excluding carboxylic acids is 1. The van der Waals surface area contributed by atoms with Gasteiger partial charge in [0.05, 0.1) is 23.8 Å². The predicted octanol–water partition coefficient (Wildman–Crippen LogP) is 3.63. The molecule has 1 aromatic carbocycles. The lowest BCUT2D eigenvalue weighted by molar-refractivity contribution is 0.0369. The Labute approximate surface area is 165 Å². The molecule has 2 heterocycles. The molecule has 3 rings (SSSR count). The molecule has 1 saturated heterocycles. The van der Waals surface area contributed by atoms with Gasteiger partial charge in [-0.25, -0.2) is 4.99 Å². The zero-order valence-corrected chi connectivity index (χ0v) is 17.6. The van der Waals surface area contributed by atoms with E-state index in [2.05, 4.69) is 41.5 Å². The Hall–Kier alpha value is -1.76. The molecule has 0 spiro atoms. The fourth-order valence-electron chi connectivity index (χ4n) is 3.56. The van der Waals surface area contributed by atoms with Gasteiger partial charge in [0.15, 0.2) is 10.6 Å². The molecule has 0 unspecified atom stereocenters. The monoisotopic (exact) mass is 387 g/mol. The number of aryl methyl sites for hydroxylation is 2. The normalized spacial score (nSPS) is 16.1. The number of benzene rings is 1. The van der Waals surface area contributed by atoms with Crippen LogP contribution in [0, 0.1) is 20.8 Å². The molecule has 0 bridgehead atoms. The fraction of sp³-hybridized carbons (Fsp3) is 0.524. The maximum Gasteiger partial charge on any atom is 0.190 e. The van der Waals surface area contributed by atoms with Gasteiger partial charge in [0.25, 0.3) is 0 Å². The number of morpholine rings is 1. The first kappa shape index (κ1) is 20.0. The first-order valence-corrected chi connectivity index (χ1v) is 10.4. The Balaban J connectivity index is 1.86. The van der Waals surface area contributed by atoms with E-state index in [9.17, 15) is 4.79 Å². The summed E-state index contributed by atoms with van der Waals surface area (Å²) in [7, 11) is 0. The van der Waals surface area contributed by atoms with Gasteiger partial charge in [0.2, 0.25) is 0 Å². The van der Waals surface area contributed by atoms with E-state index in [4.69, 9.17) is 9.73 Å². The van der Waals surface area contributed by atoms with Crippen molar-refractivity contribution >= 4 is 22.8 Å². The number of carbonyl (C=O) groups is 1. The fourth-order valence-corrected chi connectivity index (χ4v) is 4.64. The smallest absolute Gasteiger partial charge is 0.190 e. The van der Waals surface area contributed by atoms with Gasteiger partial charge >= 0.3 is 0 Å². The van der Waals surface area contributed by atoms with Crippen molar-refractivity contribution in [2.24, 2.45) is 4.99 Å². The molecular weight excluding hydrogens is 358 g/mol. The van der Waals surface area contributed by atoms with Gasteiger partial charge < -0.3 is 9.30 Å². The molecule has 1 aliphatic rings. The summed E-state index contributed by atoms with van der Waals surface area (Å²) in [5.74, 6) is 0.112. The van der Waals surface area contributed by atoms with Crippen LogP contribution in [0.5, 0.6) is 0 Å². The molecule has 0 radical (unpaired) electrons. The van der Waals surface area contributed by atoms with Crippen LogP contribution in [0.3, 0.4) is 0 Å². The second-order valence-corrected chi connectivity index (χ2v) is 8.25. The maximum absolute atomic E-state index is 12.0. The number of thiazole rings is 1. The second kappa shape index (κ2) is 8.95. The molecule has 1 fully saturated rings. The minimum Gasteiger partial charge on any atom is -0.379 e. The summed E-state index contributed by atoms with van der Waals surface area (Å²) in [6.45, 7) is 13.4. The van der Waals surface area contributed by atoms with E-state index in [1.165, 1.54) is 22.5 Å². The van der Waals surface area contributed by atoms with Gasteiger partial charge in [-0.1, -0.05) is 17.4 Å². The van der Waals surface area contributed by atoms with Crippen LogP contribution >= 0.6 is 11.3 Å². The number of rotatable bonds is 6. The molecule has 27 heavy (non-hydrogen) atoms. The minimum absolute atomic E-state index is 0.112. The van der Waals surface area contributed by atoms with E-state index in [-0.39, 0.29) is 5.78 Å². The topological polar surface area (TPSA) is 46.8 Å². The number of ketones is 1. The number of hydrogen-bond acceptors (Lipinski definition) is 5. The van der Waals surface area contributed by atoms with Gasteiger partial charge in [0, 0.05) is 38.8 Å². The average Bonchev–Trinajstić information content (AvgIpc) is 2.91. The zero-order valence-electron chi connectivity index (χ0n) is 16.7. The third-order valence-electron chi connectivity index (χ3n) is 4.87. The first-order valence-electron chi connectivity index (χ1n) is 9.58. The highest BCUT2D eigenvalue weighted by molar-refractivity contribution is 7.11. The van der Waals surface area contributed by atoms with Crippen LogP contribution < -0.4 is 4.80 Å². The van der Waals surface area contributed by atoms with Crippen molar-refractivity contribution in [3.05, 3.63) is 44.7 Å². The highest BCUT2D eigenvalue weighted by atomic mass is 32.1. The third kappa shape index (κ3) is 5.15. The molecule has 0 aliphatic carbocycles. The van der Waals surface area contributed by atoms with Crippen molar-refractivity contribution in [2.45, 2.75) is 40.7 Å². The lowest BCUT2D eigenvalue weighted by Gasteiger charge is -2.26. The number of nitrogens with zero attached hydrogens (tertiary/aromatic N) is 3. The quantitative estimate of drug-likeness (QED) is 0.711. The molecule has 0 saturated carbocycles. The summed E-state index contributed by atoms with van der Waals surface area (Å²) in [5, 5.41) is 0. The van der Waals surface area contributed by atoms with Gasteiger partial charge in [-0.05, 0) is 50.5 Å². The van der Waals surface area contributed by atoms with Crippen LogP contribution in [0.15, 0.2) is 23.2 Å². The molecule has 6 heteroatoms. The van der Waals surface area contributed by atoms with Crippen LogP contribution in [0.2, 0.25) is 0 Å². The Morgan fingerprint density at radius 3 is 2.41 bits per heavy atom. The first-order chi connectivity index (χ1) is 12.9. The molecule has 0 atom stereocenters. The summed E-state index contributed by atoms with van der Waals surface area (Å²) in [6, 6.07) is 6.33. The van der Waals surface area contributed by atoms with E-state index in [0.29, 0.717) is 0 Å². The summed E-state index contributed by atoms with van der Waals surface area (Å²) < 4.78 is 7.63. The van der Waals surface area contributed by atoms with Gasteiger partial charge in [-0.2, -0.15) is 0 Å². The summed E-state index contributed by atoms with van der Waals surface area (Å²) >= 11 is 1.50. The van der Waals surface area contributed by atoms with E-state index in [1.807, 2.05) is 6.92 Å². The molecular formula is C21H29N3O2S. The van der Waals surface area contributed by atoms with Gasteiger partial charge in [0.1, 0.15) is 0 Å². The maximum atomic E-state index is 12.0. The van der Waals surface area contributed by atoms with Gasteiger partial charge in [-0.15, -0.1) is 0 Å². The van der Waals surface area contributed by atoms with Crippen molar-refractivity contribution in [1.82, 2.24) is 9.47 Å². The lowest BCUT2D eigenvalue weighted by Crippen LogP contribution is -2.37. The highest BCUT2D eigenvalue weighted by Crippen LogP contribution is 2.19. The standard InChI is InChI=1S/C21H29N3O2S/c1-15-12-16(2)14-19(13-15)22-21-24(17(3)20(27-21)18(4)25)7-5-6-23-8-10-26-11-9-23/h12-14H,5-11H2,1-4H3. The van der Waals surface area contributed by atoms with Crippen LogP contribution in [-0.2, 0) is 11.3 Å². The SMILES string of the molecule is CC(=O)c1sc(=Nc2cc(C)cc(C)c2)n(CCCN2CCOCC2)c1C. The zero-order chi connectivity index (χ0) is 19.4. The van der Waals surface area contributed by atoms with Crippen LogP contribution in [-0.4, -0.2) is 48.1 Å². The van der Waals surface area contributed by atoms with E-state index >= 15 is 0 Å². The van der Waals surface area contributed by atoms with Crippen molar-refractivity contribution < 1.29 is 9.53 Å². The van der Waals surface area contributed by atoms with Crippen LogP contribution in [0.1, 0.15) is 39.8 Å². The lowest BCUT2D eigenvalue weighted by atomic mass is 10.1. The molecule has 1 aromatic heterocycles. The predicted molar refractivity (Wildman–Crippen MR) is 110 cm³/mol. The number of aromatic nitrogens is 1. The summed E-state index contributed by atoms with van der Waals surface area (Å²) in [5.41, 5.74) is 4.38. The van der Waals surface area contributed by atoms with Crippen molar-refractivity contribution in [1.29, 1.82) is 0 Å². The number of hydrogen-bond donors (Lipinski definition) is 0. The Morgan fingerprint density at radius 1 is 1.11 bits per heavy atom. The second-order valence-electron chi connectivity index (χ2n) is 7.27. The number of Topliss-reactive ketones (excluding diaryl/α,β-unsaturated/α-hetero) is 1. The van der Waals surface area contributed by atoms with E-state index in [1.54, 1.807) is 6.92 Å². The van der Waals surface area contributed by atoms with Crippen LogP contribution in [0.25, 0.3) is 0 Å². The molecule has 146 valence electrons. The van der Waals surface area contributed by atoms with Gasteiger partial charge in [-0.3, -0.25) is 9.69 Å². The Bertz CT molecular complexity index is 856. The molecule has 0 amide bonds. The van der Waals surface area contributed by atoms with E-state index in [0.717, 1.165) is 66.9 Å². The average molecular weight is 388 g/mol.